The lowest BCUT2D eigenvalue weighted by atomic mass is 10.1. The molecule has 1 aromatic carbocycles. The summed E-state index contributed by atoms with van der Waals surface area (Å²) < 4.78 is 49.2. The number of H-pyrrole nitrogens is 1. The number of hydrogen-bond acceptors (Lipinski definition) is 7. The molecule has 0 bridgehead atoms. The van der Waals surface area contributed by atoms with Gasteiger partial charge in [-0.05, 0) is 35.9 Å². The SMILES string of the molecule is O=c1[nH]c(Oc2ccc(Oc3cccc(C(F)(F)F)n3)cc2)ncc1Cc1cncnc1. The van der Waals surface area contributed by atoms with E-state index in [9.17, 15) is 18.0 Å². The fraction of sp³-hybridized carbons (Fsp3) is 0.0952. The zero-order valence-corrected chi connectivity index (χ0v) is 16.2. The first kappa shape index (κ1) is 21.0. The smallest absolute Gasteiger partial charge is 0.433 e. The number of pyridine rings is 1. The van der Waals surface area contributed by atoms with Crippen molar-refractivity contribution >= 4 is 0 Å². The largest absolute Gasteiger partial charge is 0.439 e. The highest BCUT2D eigenvalue weighted by molar-refractivity contribution is 5.35. The van der Waals surface area contributed by atoms with Gasteiger partial charge in [0.05, 0.1) is 0 Å². The minimum atomic E-state index is -4.56. The average Bonchev–Trinajstić information content (AvgIpc) is 2.77. The van der Waals surface area contributed by atoms with E-state index in [1.54, 1.807) is 12.4 Å². The van der Waals surface area contributed by atoms with E-state index in [1.165, 1.54) is 48.9 Å². The van der Waals surface area contributed by atoms with Crippen molar-refractivity contribution in [3.8, 4) is 23.4 Å². The number of rotatable bonds is 6. The third-order valence-electron chi connectivity index (χ3n) is 4.13. The van der Waals surface area contributed by atoms with Crippen LogP contribution < -0.4 is 15.0 Å². The van der Waals surface area contributed by atoms with Crippen LogP contribution >= 0.6 is 0 Å². The number of nitrogens with zero attached hydrogens (tertiary/aromatic N) is 4. The van der Waals surface area contributed by atoms with Crippen molar-refractivity contribution in [2.45, 2.75) is 12.6 Å². The summed E-state index contributed by atoms with van der Waals surface area (Å²) in [4.78, 5) is 30.1. The first-order valence-corrected chi connectivity index (χ1v) is 9.19. The number of aromatic nitrogens is 5. The van der Waals surface area contributed by atoms with Crippen LogP contribution in [0.25, 0.3) is 0 Å². The van der Waals surface area contributed by atoms with Crippen molar-refractivity contribution < 1.29 is 22.6 Å². The van der Waals surface area contributed by atoms with Gasteiger partial charge < -0.3 is 9.47 Å². The molecule has 4 aromatic rings. The lowest BCUT2D eigenvalue weighted by Gasteiger charge is -2.09. The Kier molecular flexibility index (Phi) is 5.79. The molecule has 0 saturated heterocycles. The Hall–Kier alpha value is -4.28. The molecule has 0 saturated carbocycles. The van der Waals surface area contributed by atoms with Gasteiger partial charge in [-0.3, -0.25) is 9.78 Å². The fourth-order valence-corrected chi connectivity index (χ4v) is 2.66. The molecule has 162 valence electrons. The van der Waals surface area contributed by atoms with Crippen molar-refractivity contribution in [3.05, 3.63) is 94.6 Å². The van der Waals surface area contributed by atoms with Crippen molar-refractivity contribution in [3.63, 3.8) is 0 Å². The van der Waals surface area contributed by atoms with Crippen LogP contribution in [0.1, 0.15) is 16.8 Å². The summed E-state index contributed by atoms with van der Waals surface area (Å²) in [6, 6.07) is 9.36. The topological polar surface area (TPSA) is 103 Å². The summed E-state index contributed by atoms with van der Waals surface area (Å²) in [7, 11) is 0. The summed E-state index contributed by atoms with van der Waals surface area (Å²) in [5, 5.41) is 0. The highest BCUT2D eigenvalue weighted by Crippen LogP contribution is 2.30. The van der Waals surface area contributed by atoms with Gasteiger partial charge in [0, 0.05) is 36.6 Å². The number of benzene rings is 1. The maximum atomic E-state index is 12.8. The molecule has 0 unspecified atom stereocenters. The Labute approximate surface area is 178 Å². The highest BCUT2D eigenvalue weighted by atomic mass is 19.4. The third kappa shape index (κ3) is 5.25. The lowest BCUT2D eigenvalue weighted by molar-refractivity contribution is -0.141. The van der Waals surface area contributed by atoms with Gasteiger partial charge in [0.2, 0.25) is 5.88 Å². The zero-order chi connectivity index (χ0) is 22.6. The summed E-state index contributed by atoms with van der Waals surface area (Å²) >= 11 is 0. The molecule has 3 aromatic heterocycles. The van der Waals surface area contributed by atoms with Gasteiger partial charge >= 0.3 is 12.2 Å². The van der Waals surface area contributed by atoms with E-state index in [1.807, 2.05) is 0 Å². The van der Waals surface area contributed by atoms with Gasteiger partial charge in [0.25, 0.3) is 5.56 Å². The van der Waals surface area contributed by atoms with E-state index < -0.39 is 11.9 Å². The fourth-order valence-electron chi connectivity index (χ4n) is 2.66. The maximum absolute atomic E-state index is 12.8. The van der Waals surface area contributed by atoms with Crippen molar-refractivity contribution in [2.75, 3.05) is 0 Å². The van der Waals surface area contributed by atoms with E-state index in [-0.39, 0.29) is 23.2 Å². The Morgan fingerprint density at radius 2 is 1.59 bits per heavy atom. The molecule has 0 amide bonds. The molecule has 0 atom stereocenters. The molecule has 8 nitrogen and oxygen atoms in total. The van der Waals surface area contributed by atoms with Crippen molar-refractivity contribution in [2.24, 2.45) is 0 Å². The second kappa shape index (κ2) is 8.84. The number of alkyl halides is 3. The van der Waals surface area contributed by atoms with Gasteiger partial charge in [0.1, 0.15) is 23.5 Å². The Bertz CT molecular complexity index is 1260. The standard InChI is InChI=1S/C21H14F3N5O3/c22-21(23,24)17-2-1-3-18(28-17)31-15-4-6-16(7-5-15)32-20-27-11-14(19(30)29-20)8-13-9-25-12-26-10-13/h1-7,9-12H,8H2,(H,27,29,30). The van der Waals surface area contributed by atoms with E-state index in [0.717, 1.165) is 11.6 Å². The monoisotopic (exact) mass is 441 g/mol. The lowest BCUT2D eigenvalue weighted by Crippen LogP contribution is -2.14. The van der Waals surface area contributed by atoms with E-state index in [0.29, 0.717) is 17.7 Å². The molecule has 0 aliphatic heterocycles. The maximum Gasteiger partial charge on any atom is 0.433 e. The second-order valence-electron chi connectivity index (χ2n) is 6.50. The molecule has 0 radical (unpaired) electrons. The summed E-state index contributed by atoms with van der Waals surface area (Å²) in [6.07, 6.45) is 1.77. The van der Waals surface area contributed by atoms with Gasteiger partial charge in [-0.15, -0.1) is 0 Å². The number of nitrogens with one attached hydrogen (secondary N) is 1. The predicted molar refractivity (Wildman–Crippen MR) is 106 cm³/mol. The van der Waals surface area contributed by atoms with Gasteiger partial charge in [0.15, 0.2) is 0 Å². The summed E-state index contributed by atoms with van der Waals surface area (Å²) in [6.45, 7) is 0. The molecule has 0 aliphatic rings. The third-order valence-corrected chi connectivity index (χ3v) is 4.13. The molecular weight excluding hydrogens is 427 g/mol. The predicted octanol–water partition coefficient (Wildman–Crippen LogP) is 4.15. The molecule has 0 fully saturated rings. The molecule has 11 heteroatoms. The zero-order valence-electron chi connectivity index (χ0n) is 16.2. The summed E-state index contributed by atoms with van der Waals surface area (Å²) in [5.74, 6) is 0.395. The van der Waals surface area contributed by atoms with Crippen LogP contribution in [-0.2, 0) is 12.6 Å². The van der Waals surface area contributed by atoms with E-state index in [4.69, 9.17) is 9.47 Å². The van der Waals surface area contributed by atoms with Crippen LogP contribution in [0, 0.1) is 0 Å². The quantitative estimate of drug-likeness (QED) is 0.480. The Morgan fingerprint density at radius 1 is 0.906 bits per heavy atom. The number of halogens is 3. The van der Waals surface area contributed by atoms with Crippen molar-refractivity contribution in [1.82, 2.24) is 24.9 Å². The van der Waals surface area contributed by atoms with E-state index in [2.05, 4.69) is 24.9 Å². The molecular formula is C21H14F3N5O3. The minimum absolute atomic E-state index is 0.0173. The molecule has 3 heterocycles. The molecule has 0 aliphatic carbocycles. The Balaban J connectivity index is 1.42. The Morgan fingerprint density at radius 3 is 2.25 bits per heavy atom. The first-order chi connectivity index (χ1) is 15.4. The number of aromatic amines is 1. The highest BCUT2D eigenvalue weighted by Gasteiger charge is 2.32. The van der Waals surface area contributed by atoms with Gasteiger partial charge in [-0.25, -0.2) is 19.9 Å². The first-order valence-electron chi connectivity index (χ1n) is 9.19. The van der Waals surface area contributed by atoms with Crippen LogP contribution in [-0.4, -0.2) is 24.9 Å². The molecule has 4 rings (SSSR count). The van der Waals surface area contributed by atoms with Crippen LogP contribution in [0.5, 0.6) is 23.4 Å². The molecule has 1 N–H and O–H groups in total. The normalized spacial score (nSPS) is 11.2. The van der Waals surface area contributed by atoms with Crippen LogP contribution in [0.4, 0.5) is 13.2 Å². The second-order valence-corrected chi connectivity index (χ2v) is 6.50. The average molecular weight is 441 g/mol. The molecule has 0 spiro atoms. The van der Waals surface area contributed by atoms with Gasteiger partial charge in [-0.2, -0.15) is 13.2 Å². The van der Waals surface area contributed by atoms with Crippen LogP contribution in [0.15, 0.2) is 72.2 Å². The summed E-state index contributed by atoms with van der Waals surface area (Å²) in [5.41, 5.74) is -0.230. The number of ether oxygens (including phenoxy) is 2. The molecule has 32 heavy (non-hydrogen) atoms. The van der Waals surface area contributed by atoms with Crippen LogP contribution in [0.3, 0.4) is 0 Å². The minimum Gasteiger partial charge on any atom is -0.439 e. The van der Waals surface area contributed by atoms with Gasteiger partial charge in [-0.1, -0.05) is 6.07 Å². The van der Waals surface area contributed by atoms with E-state index >= 15 is 0 Å². The number of hydrogen-bond donors (Lipinski definition) is 1. The van der Waals surface area contributed by atoms with Crippen molar-refractivity contribution in [1.29, 1.82) is 0 Å². The van der Waals surface area contributed by atoms with Crippen LogP contribution in [0.2, 0.25) is 0 Å².